The maximum atomic E-state index is 14.8. The second-order valence-corrected chi connectivity index (χ2v) is 10.1. The molecule has 2 aromatic rings. The van der Waals surface area contributed by atoms with Gasteiger partial charge in [0.15, 0.2) is 0 Å². The summed E-state index contributed by atoms with van der Waals surface area (Å²) >= 11 is 0. The van der Waals surface area contributed by atoms with Crippen molar-refractivity contribution < 1.29 is 23.1 Å². The number of piperazine rings is 1. The van der Waals surface area contributed by atoms with E-state index in [1.54, 1.807) is 26.0 Å². The monoisotopic (exact) mass is 491 g/mol. The largest absolute Gasteiger partial charge is 0.386 e. The van der Waals surface area contributed by atoms with E-state index in [1.807, 2.05) is 16.7 Å². The SMILES string of the molecule is CC1CN(c2ccc(C(C)(C)O)cc2F)CCN1c1nccc(C(=O)NC2CCC(F)(F)CC2)n1. The maximum Gasteiger partial charge on any atom is 0.270 e. The van der Waals surface area contributed by atoms with E-state index in [0.717, 1.165) is 0 Å². The van der Waals surface area contributed by atoms with Crippen molar-refractivity contribution in [3.8, 4) is 0 Å². The number of aliphatic hydroxyl groups is 1. The molecule has 1 atom stereocenters. The van der Waals surface area contributed by atoms with Crippen molar-refractivity contribution in [1.82, 2.24) is 15.3 Å². The van der Waals surface area contributed by atoms with Gasteiger partial charge in [-0.25, -0.2) is 23.1 Å². The quantitative estimate of drug-likeness (QED) is 0.661. The highest BCUT2D eigenvalue weighted by Gasteiger charge is 2.35. The van der Waals surface area contributed by atoms with Gasteiger partial charge in [-0.15, -0.1) is 0 Å². The third-order valence-electron chi connectivity index (χ3n) is 6.81. The van der Waals surface area contributed by atoms with Crippen molar-refractivity contribution in [2.75, 3.05) is 29.4 Å². The van der Waals surface area contributed by atoms with Crippen LogP contribution in [0.4, 0.5) is 24.8 Å². The molecule has 35 heavy (non-hydrogen) atoms. The zero-order valence-electron chi connectivity index (χ0n) is 20.3. The van der Waals surface area contributed by atoms with Crippen LogP contribution in [0.3, 0.4) is 0 Å². The van der Waals surface area contributed by atoms with Gasteiger partial charge in [0.1, 0.15) is 11.5 Å². The summed E-state index contributed by atoms with van der Waals surface area (Å²) < 4.78 is 41.6. The van der Waals surface area contributed by atoms with Crippen LogP contribution in [0.5, 0.6) is 0 Å². The molecule has 1 amide bonds. The van der Waals surface area contributed by atoms with Gasteiger partial charge in [-0.05, 0) is 57.4 Å². The molecule has 1 aliphatic carbocycles. The van der Waals surface area contributed by atoms with E-state index in [-0.39, 0.29) is 49.3 Å². The number of benzene rings is 1. The van der Waals surface area contributed by atoms with Gasteiger partial charge < -0.3 is 20.2 Å². The van der Waals surface area contributed by atoms with Crippen molar-refractivity contribution in [2.24, 2.45) is 0 Å². The Balaban J connectivity index is 1.40. The van der Waals surface area contributed by atoms with Gasteiger partial charge in [-0.3, -0.25) is 4.79 Å². The molecule has 0 radical (unpaired) electrons. The number of alkyl halides is 2. The second-order valence-electron chi connectivity index (χ2n) is 10.1. The number of halogens is 3. The molecule has 4 rings (SSSR count). The van der Waals surface area contributed by atoms with Crippen LogP contribution in [-0.4, -0.2) is 58.6 Å². The number of hydrogen-bond acceptors (Lipinski definition) is 6. The van der Waals surface area contributed by atoms with E-state index >= 15 is 0 Å². The minimum absolute atomic E-state index is 0.0593. The fraction of sp³-hybridized carbons (Fsp3) is 0.560. The summed E-state index contributed by atoms with van der Waals surface area (Å²) in [4.78, 5) is 25.4. The zero-order chi connectivity index (χ0) is 25.4. The summed E-state index contributed by atoms with van der Waals surface area (Å²) in [5.74, 6) is -3.04. The summed E-state index contributed by atoms with van der Waals surface area (Å²) in [5.41, 5.74) is 0.0462. The molecule has 1 aromatic carbocycles. The summed E-state index contributed by atoms with van der Waals surface area (Å²) in [6, 6.07) is 5.94. The first-order valence-corrected chi connectivity index (χ1v) is 12.0. The van der Waals surface area contributed by atoms with Gasteiger partial charge in [0.25, 0.3) is 5.91 Å². The Kier molecular flexibility index (Phi) is 6.95. The molecule has 2 fully saturated rings. The molecule has 2 aliphatic rings. The lowest BCUT2D eigenvalue weighted by atomic mass is 9.92. The van der Waals surface area contributed by atoms with Crippen LogP contribution >= 0.6 is 0 Å². The molecule has 10 heteroatoms. The fourth-order valence-electron chi connectivity index (χ4n) is 4.67. The van der Waals surface area contributed by atoms with Gasteiger partial charge in [0, 0.05) is 50.8 Å². The molecular weight excluding hydrogens is 459 g/mol. The smallest absolute Gasteiger partial charge is 0.270 e. The lowest BCUT2D eigenvalue weighted by Crippen LogP contribution is -2.53. The first-order chi connectivity index (χ1) is 16.4. The van der Waals surface area contributed by atoms with Gasteiger partial charge in [0.2, 0.25) is 11.9 Å². The molecule has 190 valence electrons. The van der Waals surface area contributed by atoms with Gasteiger partial charge in [0.05, 0.1) is 11.3 Å². The molecule has 1 saturated heterocycles. The number of nitrogens with zero attached hydrogens (tertiary/aromatic N) is 4. The lowest BCUT2D eigenvalue weighted by molar-refractivity contribution is -0.0399. The van der Waals surface area contributed by atoms with E-state index < -0.39 is 17.4 Å². The number of aromatic nitrogens is 2. The van der Waals surface area contributed by atoms with E-state index in [4.69, 9.17) is 0 Å². The van der Waals surface area contributed by atoms with Crippen molar-refractivity contribution in [3.05, 3.63) is 47.5 Å². The number of carbonyl (C=O) groups is 1. The number of carbonyl (C=O) groups excluding carboxylic acids is 1. The third-order valence-corrected chi connectivity index (χ3v) is 6.81. The normalized spacial score (nSPS) is 21.2. The summed E-state index contributed by atoms with van der Waals surface area (Å²) in [6.07, 6.45) is 1.54. The highest BCUT2D eigenvalue weighted by Crippen LogP contribution is 2.33. The van der Waals surface area contributed by atoms with Gasteiger partial charge in [-0.1, -0.05) is 6.07 Å². The van der Waals surface area contributed by atoms with Gasteiger partial charge in [-0.2, -0.15) is 0 Å². The molecule has 2 heterocycles. The second kappa shape index (κ2) is 9.64. The Labute approximate surface area is 203 Å². The molecule has 1 aromatic heterocycles. The first kappa shape index (κ1) is 25.2. The molecule has 1 unspecified atom stereocenters. The highest BCUT2D eigenvalue weighted by atomic mass is 19.3. The standard InChI is InChI=1S/C25H32F3N5O2/c1-16-15-32(21-5-4-17(14-19(21)26)24(2,3)35)12-13-33(16)23-29-11-8-20(31-23)22(34)30-18-6-9-25(27,28)10-7-18/h4-5,8,11,14,16,18,35H,6-7,9-10,12-13,15H2,1-3H3,(H,30,34). The first-order valence-electron chi connectivity index (χ1n) is 12.0. The number of amides is 1. The highest BCUT2D eigenvalue weighted by molar-refractivity contribution is 5.92. The topological polar surface area (TPSA) is 81.6 Å². The zero-order valence-corrected chi connectivity index (χ0v) is 20.3. The van der Waals surface area contributed by atoms with Crippen LogP contribution in [0.25, 0.3) is 0 Å². The predicted molar refractivity (Wildman–Crippen MR) is 127 cm³/mol. The van der Waals surface area contributed by atoms with Crippen molar-refractivity contribution in [2.45, 2.75) is 70.1 Å². The molecule has 1 saturated carbocycles. The van der Waals surface area contributed by atoms with Crippen LogP contribution in [-0.2, 0) is 5.60 Å². The Morgan fingerprint density at radius 2 is 1.91 bits per heavy atom. The molecule has 0 spiro atoms. The molecular formula is C25H32F3N5O2. The number of rotatable bonds is 5. The van der Waals surface area contributed by atoms with Crippen LogP contribution < -0.4 is 15.1 Å². The molecule has 7 nitrogen and oxygen atoms in total. The third kappa shape index (κ3) is 5.86. The minimum Gasteiger partial charge on any atom is -0.386 e. The van der Waals surface area contributed by atoms with E-state index in [1.165, 1.54) is 18.3 Å². The Morgan fingerprint density at radius 1 is 1.20 bits per heavy atom. The summed E-state index contributed by atoms with van der Waals surface area (Å²) in [7, 11) is 0. The van der Waals surface area contributed by atoms with Crippen molar-refractivity contribution in [1.29, 1.82) is 0 Å². The number of anilines is 2. The van der Waals surface area contributed by atoms with Crippen LogP contribution in [0.15, 0.2) is 30.5 Å². The van der Waals surface area contributed by atoms with Crippen molar-refractivity contribution in [3.63, 3.8) is 0 Å². The Hall–Kier alpha value is -2.88. The fourth-order valence-corrected chi connectivity index (χ4v) is 4.67. The van der Waals surface area contributed by atoms with Crippen molar-refractivity contribution >= 4 is 17.5 Å². The average molecular weight is 492 g/mol. The predicted octanol–water partition coefficient (Wildman–Crippen LogP) is 3.87. The van der Waals surface area contributed by atoms with Crippen LogP contribution in [0.1, 0.15) is 62.5 Å². The average Bonchev–Trinajstić information content (AvgIpc) is 2.80. The van der Waals surface area contributed by atoms with E-state index in [2.05, 4.69) is 15.3 Å². The summed E-state index contributed by atoms with van der Waals surface area (Å²) in [5, 5.41) is 12.9. The number of nitrogens with one attached hydrogen (secondary N) is 1. The molecule has 2 N–H and O–H groups in total. The van der Waals surface area contributed by atoms with Crippen LogP contribution in [0, 0.1) is 5.82 Å². The lowest BCUT2D eigenvalue weighted by Gasteiger charge is -2.41. The Morgan fingerprint density at radius 3 is 2.54 bits per heavy atom. The van der Waals surface area contributed by atoms with E-state index in [0.29, 0.717) is 36.8 Å². The van der Waals surface area contributed by atoms with E-state index in [9.17, 15) is 23.1 Å². The molecule has 0 bridgehead atoms. The summed E-state index contributed by atoms with van der Waals surface area (Å²) in [6.45, 7) is 6.78. The number of hydrogen-bond donors (Lipinski definition) is 2. The van der Waals surface area contributed by atoms with Crippen LogP contribution in [0.2, 0.25) is 0 Å². The molecule has 1 aliphatic heterocycles. The Bertz CT molecular complexity index is 1070. The maximum absolute atomic E-state index is 14.8. The minimum atomic E-state index is -2.65. The van der Waals surface area contributed by atoms with Gasteiger partial charge >= 0.3 is 0 Å².